The van der Waals surface area contributed by atoms with Gasteiger partial charge in [0.2, 0.25) is 15.9 Å². The maximum absolute atomic E-state index is 13.1. The van der Waals surface area contributed by atoms with Crippen LogP contribution in [0, 0.1) is 5.92 Å². The number of hydrogen-bond acceptors (Lipinski definition) is 5. The first-order chi connectivity index (χ1) is 16.3. The Balaban J connectivity index is 1.38. The van der Waals surface area contributed by atoms with Gasteiger partial charge in [-0.05, 0) is 54.3 Å². The highest BCUT2D eigenvalue weighted by molar-refractivity contribution is 7.89. The van der Waals surface area contributed by atoms with Crippen LogP contribution in [0.2, 0.25) is 0 Å². The van der Waals surface area contributed by atoms with Crippen LogP contribution in [-0.2, 0) is 14.8 Å². The Kier molecular flexibility index (Phi) is 7.09. The molecule has 3 aromatic carbocycles. The molecule has 3 aromatic rings. The third-order valence-electron chi connectivity index (χ3n) is 6.45. The van der Waals surface area contributed by atoms with Crippen LogP contribution in [0.5, 0.6) is 11.5 Å². The molecule has 7 nitrogen and oxygen atoms in total. The van der Waals surface area contributed by atoms with Crippen molar-refractivity contribution >= 4 is 26.7 Å². The molecule has 1 atom stereocenters. The molecule has 1 N–H and O–H groups in total. The molecule has 0 aromatic heterocycles. The zero-order chi connectivity index (χ0) is 24.3. The number of sulfonamides is 1. The van der Waals surface area contributed by atoms with Gasteiger partial charge < -0.3 is 14.8 Å². The molecule has 0 saturated carbocycles. The molecule has 1 amide bonds. The van der Waals surface area contributed by atoms with E-state index < -0.39 is 10.0 Å². The minimum absolute atomic E-state index is 0.0381. The van der Waals surface area contributed by atoms with Crippen molar-refractivity contribution in [2.75, 3.05) is 27.3 Å². The molecule has 0 spiro atoms. The van der Waals surface area contributed by atoms with Crippen molar-refractivity contribution in [3.63, 3.8) is 0 Å². The number of methoxy groups -OCH3 is 2. The van der Waals surface area contributed by atoms with E-state index in [2.05, 4.69) is 29.6 Å². The Morgan fingerprint density at radius 1 is 0.941 bits per heavy atom. The quantitative estimate of drug-likeness (QED) is 0.547. The molecule has 8 heteroatoms. The molecule has 1 fully saturated rings. The second-order valence-electron chi connectivity index (χ2n) is 8.53. The van der Waals surface area contributed by atoms with Crippen LogP contribution in [0.25, 0.3) is 10.8 Å². The molecule has 1 saturated heterocycles. The van der Waals surface area contributed by atoms with Crippen LogP contribution in [0.3, 0.4) is 0 Å². The van der Waals surface area contributed by atoms with Gasteiger partial charge in [-0.15, -0.1) is 0 Å². The van der Waals surface area contributed by atoms with Gasteiger partial charge in [0, 0.05) is 25.1 Å². The van der Waals surface area contributed by atoms with Crippen LogP contribution in [0.1, 0.15) is 31.4 Å². The summed E-state index contributed by atoms with van der Waals surface area (Å²) in [6.07, 6.45) is 0.950. The summed E-state index contributed by atoms with van der Waals surface area (Å²) >= 11 is 0. The molecule has 0 aliphatic carbocycles. The van der Waals surface area contributed by atoms with E-state index in [0.29, 0.717) is 37.4 Å². The first kappa shape index (κ1) is 24.0. The van der Waals surface area contributed by atoms with Crippen molar-refractivity contribution in [2.45, 2.75) is 30.7 Å². The summed E-state index contributed by atoms with van der Waals surface area (Å²) in [6, 6.07) is 18.7. The van der Waals surface area contributed by atoms with Crippen molar-refractivity contribution in [3.8, 4) is 11.5 Å². The van der Waals surface area contributed by atoms with Crippen molar-refractivity contribution in [1.82, 2.24) is 9.62 Å². The number of fused-ring (bicyclic) bond motifs is 1. The Morgan fingerprint density at radius 2 is 1.62 bits per heavy atom. The van der Waals surface area contributed by atoms with E-state index in [-0.39, 0.29) is 22.8 Å². The van der Waals surface area contributed by atoms with E-state index in [0.717, 1.165) is 16.3 Å². The number of ether oxygens (including phenoxy) is 2. The molecular formula is C26H30N2O5S. The molecule has 1 aliphatic heterocycles. The highest BCUT2D eigenvalue weighted by Crippen LogP contribution is 2.32. The Hall–Kier alpha value is -3.10. The smallest absolute Gasteiger partial charge is 0.243 e. The van der Waals surface area contributed by atoms with Gasteiger partial charge in [0.05, 0.1) is 25.2 Å². The highest BCUT2D eigenvalue weighted by atomic mass is 32.2. The second kappa shape index (κ2) is 10.0. The topological polar surface area (TPSA) is 84.9 Å². The van der Waals surface area contributed by atoms with Crippen LogP contribution in [0.4, 0.5) is 0 Å². The van der Waals surface area contributed by atoms with E-state index >= 15 is 0 Å². The van der Waals surface area contributed by atoms with E-state index in [1.54, 1.807) is 6.07 Å². The van der Waals surface area contributed by atoms with Crippen molar-refractivity contribution in [1.29, 1.82) is 0 Å². The predicted molar refractivity (Wildman–Crippen MR) is 132 cm³/mol. The van der Waals surface area contributed by atoms with Crippen molar-refractivity contribution in [2.24, 2.45) is 5.92 Å². The summed E-state index contributed by atoms with van der Waals surface area (Å²) in [5.74, 6) is 0.571. The fourth-order valence-corrected chi connectivity index (χ4v) is 5.86. The lowest BCUT2D eigenvalue weighted by Gasteiger charge is -2.31. The minimum Gasteiger partial charge on any atom is -0.493 e. The summed E-state index contributed by atoms with van der Waals surface area (Å²) in [5.41, 5.74) is 1.04. The number of carbonyl (C=O) groups excluding carboxylic acids is 1. The van der Waals surface area contributed by atoms with Gasteiger partial charge >= 0.3 is 0 Å². The van der Waals surface area contributed by atoms with Gasteiger partial charge in [0.15, 0.2) is 11.5 Å². The first-order valence-corrected chi connectivity index (χ1v) is 12.8. The average Bonchev–Trinajstić information content (AvgIpc) is 2.87. The SMILES string of the molecule is COc1ccc(S(=O)(=O)N2CCC(C(=O)N[C@H](C)c3ccc4ccccc4c3)CC2)cc1OC. The fraction of sp³-hybridized carbons (Fsp3) is 0.346. The first-order valence-electron chi connectivity index (χ1n) is 11.3. The van der Waals surface area contributed by atoms with Gasteiger partial charge in [-0.2, -0.15) is 4.31 Å². The summed E-state index contributed by atoms with van der Waals surface area (Å²) in [7, 11) is -0.717. The Labute approximate surface area is 200 Å². The summed E-state index contributed by atoms with van der Waals surface area (Å²) in [5, 5.41) is 5.40. The second-order valence-corrected chi connectivity index (χ2v) is 10.5. The summed E-state index contributed by atoms with van der Waals surface area (Å²) in [6.45, 7) is 2.55. The fourth-order valence-electron chi connectivity index (χ4n) is 4.38. The van der Waals surface area contributed by atoms with Gasteiger partial charge in [-0.3, -0.25) is 4.79 Å². The van der Waals surface area contributed by atoms with Crippen molar-refractivity contribution < 1.29 is 22.7 Å². The zero-order valence-electron chi connectivity index (χ0n) is 19.7. The number of nitrogens with one attached hydrogen (secondary N) is 1. The number of piperidine rings is 1. The van der Waals surface area contributed by atoms with Gasteiger partial charge in [0.1, 0.15) is 0 Å². The molecule has 180 valence electrons. The van der Waals surface area contributed by atoms with Gasteiger partial charge in [-0.25, -0.2) is 8.42 Å². The highest BCUT2D eigenvalue weighted by Gasteiger charge is 2.33. The number of nitrogens with zero attached hydrogens (tertiary/aromatic N) is 1. The van der Waals surface area contributed by atoms with Crippen LogP contribution in [0.15, 0.2) is 65.6 Å². The Morgan fingerprint density at radius 3 is 2.29 bits per heavy atom. The molecule has 1 heterocycles. The molecule has 1 aliphatic rings. The third-order valence-corrected chi connectivity index (χ3v) is 8.34. The largest absolute Gasteiger partial charge is 0.493 e. The zero-order valence-corrected chi connectivity index (χ0v) is 20.5. The molecule has 0 bridgehead atoms. The van der Waals surface area contributed by atoms with E-state index in [4.69, 9.17) is 9.47 Å². The van der Waals surface area contributed by atoms with E-state index in [1.807, 2.05) is 25.1 Å². The third kappa shape index (κ3) is 4.88. The molecule has 34 heavy (non-hydrogen) atoms. The molecule has 0 unspecified atom stereocenters. The minimum atomic E-state index is -3.69. The van der Waals surface area contributed by atoms with Gasteiger partial charge in [0.25, 0.3) is 0 Å². The number of hydrogen-bond donors (Lipinski definition) is 1. The van der Waals surface area contributed by atoms with E-state index in [1.165, 1.54) is 30.7 Å². The van der Waals surface area contributed by atoms with Gasteiger partial charge in [-0.1, -0.05) is 36.4 Å². The monoisotopic (exact) mass is 482 g/mol. The lowest BCUT2D eigenvalue weighted by molar-refractivity contribution is -0.126. The standard InChI is InChI=1S/C26H30N2O5S/c1-18(21-9-8-19-6-4-5-7-22(19)16-21)27-26(29)20-12-14-28(15-13-20)34(30,31)23-10-11-24(32-2)25(17-23)33-3/h4-11,16-18,20H,12-15H2,1-3H3,(H,27,29)/t18-/m1/s1. The lowest BCUT2D eigenvalue weighted by atomic mass is 9.96. The van der Waals surface area contributed by atoms with Crippen molar-refractivity contribution in [3.05, 3.63) is 66.2 Å². The van der Waals surface area contributed by atoms with Crippen LogP contribution < -0.4 is 14.8 Å². The number of benzene rings is 3. The normalized spacial score (nSPS) is 16.2. The van der Waals surface area contributed by atoms with E-state index in [9.17, 15) is 13.2 Å². The number of amides is 1. The maximum Gasteiger partial charge on any atom is 0.243 e. The van der Waals surface area contributed by atoms with Crippen LogP contribution in [-0.4, -0.2) is 45.9 Å². The summed E-state index contributed by atoms with van der Waals surface area (Å²) in [4.78, 5) is 13.1. The molecular weight excluding hydrogens is 452 g/mol. The number of carbonyl (C=O) groups is 1. The molecule has 4 rings (SSSR count). The Bertz CT molecular complexity index is 1280. The predicted octanol–water partition coefficient (Wildman–Crippen LogP) is 4.14. The lowest BCUT2D eigenvalue weighted by Crippen LogP contribution is -2.43. The van der Waals surface area contributed by atoms with Crippen LogP contribution >= 0.6 is 0 Å². The summed E-state index contributed by atoms with van der Waals surface area (Å²) < 4.78 is 38.1. The molecule has 0 radical (unpaired) electrons. The number of rotatable bonds is 7. The maximum atomic E-state index is 13.1. The average molecular weight is 483 g/mol.